The van der Waals surface area contributed by atoms with Crippen molar-refractivity contribution in [2.24, 2.45) is 11.1 Å². The molecule has 88 valence electrons. The Hall–Kier alpha value is -1.39. The van der Waals surface area contributed by atoms with Crippen LogP contribution < -0.4 is 11.1 Å². The van der Waals surface area contributed by atoms with E-state index in [1.807, 2.05) is 18.2 Å². The van der Waals surface area contributed by atoms with Gasteiger partial charge < -0.3 is 11.1 Å². The van der Waals surface area contributed by atoms with E-state index in [2.05, 4.69) is 16.8 Å². The number of rotatable bonds is 3. The largest absolute Gasteiger partial charge is 0.329 e. The van der Waals surface area contributed by atoms with Gasteiger partial charge in [0.2, 0.25) is 5.91 Å². The van der Waals surface area contributed by atoms with Crippen LogP contribution in [0.1, 0.15) is 12.8 Å². The normalized spacial score (nSPS) is 17.0. The van der Waals surface area contributed by atoms with Crippen molar-refractivity contribution in [3.8, 4) is 0 Å². The maximum absolute atomic E-state index is 12.0. The van der Waals surface area contributed by atoms with Gasteiger partial charge in [0.25, 0.3) is 0 Å². The molecule has 3 rings (SSSR count). The third-order valence-electron chi connectivity index (χ3n) is 3.44. The number of fused-ring (bicyclic) bond motifs is 1. The van der Waals surface area contributed by atoms with E-state index in [0.29, 0.717) is 6.54 Å². The fraction of sp³-hybridized carbons (Fsp3) is 0.308. The van der Waals surface area contributed by atoms with Gasteiger partial charge in [-0.3, -0.25) is 4.79 Å². The van der Waals surface area contributed by atoms with Crippen molar-refractivity contribution in [3.63, 3.8) is 0 Å². The molecule has 1 aromatic carbocycles. The van der Waals surface area contributed by atoms with Crippen LogP contribution in [0.15, 0.2) is 29.6 Å². The molecule has 0 bridgehead atoms. The molecule has 0 saturated heterocycles. The van der Waals surface area contributed by atoms with Gasteiger partial charge in [-0.05, 0) is 47.9 Å². The molecule has 1 aliphatic carbocycles. The van der Waals surface area contributed by atoms with Crippen LogP contribution in [-0.2, 0) is 4.79 Å². The minimum atomic E-state index is -0.288. The Morgan fingerprint density at radius 1 is 1.41 bits per heavy atom. The van der Waals surface area contributed by atoms with Crippen molar-refractivity contribution < 1.29 is 4.79 Å². The fourth-order valence-corrected chi connectivity index (χ4v) is 2.75. The highest BCUT2D eigenvalue weighted by Crippen LogP contribution is 2.45. The molecule has 0 unspecified atom stereocenters. The van der Waals surface area contributed by atoms with Gasteiger partial charge in [0.15, 0.2) is 0 Å². The maximum atomic E-state index is 12.0. The van der Waals surface area contributed by atoms with Gasteiger partial charge in [-0.15, -0.1) is 11.3 Å². The Morgan fingerprint density at radius 3 is 2.94 bits per heavy atom. The quantitative estimate of drug-likeness (QED) is 0.874. The third kappa shape index (κ3) is 1.83. The topological polar surface area (TPSA) is 55.1 Å². The van der Waals surface area contributed by atoms with E-state index in [9.17, 15) is 4.79 Å². The number of nitrogens with one attached hydrogen (secondary N) is 1. The first-order chi connectivity index (χ1) is 8.23. The van der Waals surface area contributed by atoms with Crippen LogP contribution in [0, 0.1) is 5.41 Å². The minimum absolute atomic E-state index is 0.0644. The number of carbonyl (C=O) groups is 1. The summed E-state index contributed by atoms with van der Waals surface area (Å²) in [4.78, 5) is 12.0. The second-order valence-corrected chi connectivity index (χ2v) is 5.56. The summed E-state index contributed by atoms with van der Waals surface area (Å²) in [5.74, 6) is 0.0644. The lowest BCUT2D eigenvalue weighted by Crippen LogP contribution is -2.30. The Balaban J connectivity index is 1.82. The van der Waals surface area contributed by atoms with Gasteiger partial charge in [0, 0.05) is 16.9 Å². The maximum Gasteiger partial charge on any atom is 0.231 e. The van der Waals surface area contributed by atoms with Crippen LogP contribution in [0.3, 0.4) is 0 Å². The van der Waals surface area contributed by atoms with Crippen molar-refractivity contribution in [1.29, 1.82) is 0 Å². The molecule has 3 N–H and O–H groups in total. The second-order valence-electron chi connectivity index (χ2n) is 4.61. The number of hydrogen-bond acceptors (Lipinski definition) is 3. The molecule has 4 heteroatoms. The van der Waals surface area contributed by atoms with Crippen molar-refractivity contribution >= 4 is 33.0 Å². The summed E-state index contributed by atoms with van der Waals surface area (Å²) in [5.41, 5.74) is 6.21. The zero-order valence-electron chi connectivity index (χ0n) is 9.40. The minimum Gasteiger partial charge on any atom is -0.329 e. The number of anilines is 1. The van der Waals surface area contributed by atoms with E-state index in [1.165, 1.54) is 10.1 Å². The van der Waals surface area contributed by atoms with Crippen molar-refractivity contribution in [2.45, 2.75) is 12.8 Å². The number of nitrogens with two attached hydrogens (primary N) is 1. The molecule has 1 fully saturated rings. The standard InChI is InChI=1S/C13H14N2OS/c14-8-13(4-5-13)12(16)15-10-1-2-11-9(7-10)3-6-17-11/h1-3,6-7H,4-5,8,14H2,(H,15,16). The Labute approximate surface area is 104 Å². The lowest BCUT2D eigenvalue weighted by atomic mass is 10.1. The summed E-state index contributed by atoms with van der Waals surface area (Å²) in [5, 5.41) is 6.19. The first-order valence-electron chi connectivity index (χ1n) is 5.72. The SMILES string of the molecule is NCC1(C(=O)Nc2ccc3sccc3c2)CC1. The zero-order valence-corrected chi connectivity index (χ0v) is 10.2. The van der Waals surface area contributed by atoms with Crippen LogP contribution in [0.2, 0.25) is 0 Å². The average molecular weight is 246 g/mol. The summed E-state index contributed by atoms with van der Waals surface area (Å²) >= 11 is 1.70. The molecule has 0 aliphatic heterocycles. The smallest absolute Gasteiger partial charge is 0.231 e. The van der Waals surface area contributed by atoms with E-state index >= 15 is 0 Å². The number of amides is 1. The molecule has 1 aliphatic rings. The highest BCUT2D eigenvalue weighted by molar-refractivity contribution is 7.17. The van der Waals surface area contributed by atoms with Crippen molar-refractivity contribution in [2.75, 3.05) is 11.9 Å². The number of benzene rings is 1. The molecule has 1 aromatic heterocycles. The average Bonchev–Trinajstić information content (AvgIpc) is 3.01. The second kappa shape index (κ2) is 3.82. The first-order valence-corrected chi connectivity index (χ1v) is 6.60. The van der Waals surface area contributed by atoms with Crippen LogP contribution in [0.4, 0.5) is 5.69 Å². The predicted molar refractivity (Wildman–Crippen MR) is 71.2 cm³/mol. The molecule has 1 heterocycles. The van der Waals surface area contributed by atoms with Gasteiger partial charge in [0.05, 0.1) is 5.41 Å². The molecule has 17 heavy (non-hydrogen) atoms. The van der Waals surface area contributed by atoms with E-state index in [4.69, 9.17) is 5.73 Å². The summed E-state index contributed by atoms with van der Waals surface area (Å²) in [6, 6.07) is 8.06. The van der Waals surface area contributed by atoms with Gasteiger partial charge >= 0.3 is 0 Å². The van der Waals surface area contributed by atoms with E-state index < -0.39 is 0 Å². The first kappa shape index (κ1) is 10.7. The van der Waals surface area contributed by atoms with Gasteiger partial charge in [-0.1, -0.05) is 0 Å². The Morgan fingerprint density at radius 2 is 2.24 bits per heavy atom. The lowest BCUT2D eigenvalue weighted by molar-refractivity contribution is -0.120. The predicted octanol–water partition coefficient (Wildman–Crippen LogP) is 2.58. The molecule has 3 nitrogen and oxygen atoms in total. The molecule has 0 radical (unpaired) electrons. The molecule has 0 spiro atoms. The zero-order chi connectivity index (χ0) is 11.9. The molecule has 0 atom stereocenters. The Bertz CT molecular complexity index is 572. The van der Waals surface area contributed by atoms with Crippen LogP contribution in [0.25, 0.3) is 10.1 Å². The summed E-state index contributed by atoms with van der Waals surface area (Å²) in [6.07, 6.45) is 1.83. The molecule has 1 saturated carbocycles. The van der Waals surface area contributed by atoms with Crippen molar-refractivity contribution in [3.05, 3.63) is 29.6 Å². The lowest BCUT2D eigenvalue weighted by Gasteiger charge is -2.12. The molecule has 2 aromatic rings. The molecule has 1 amide bonds. The highest BCUT2D eigenvalue weighted by Gasteiger charge is 2.48. The Kier molecular flexibility index (Phi) is 2.42. The molecular weight excluding hydrogens is 232 g/mol. The monoisotopic (exact) mass is 246 g/mol. The summed E-state index contributed by atoms with van der Waals surface area (Å²) in [7, 11) is 0. The number of carbonyl (C=O) groups excluding carboxylic acids is 1. The number of hydrogen-bond donors (Lipinski definition) is 2. The fourth-order valence-electron chi connectivity index (χ4n) is 1.98. The highest BCUT2D eigenvalue weighted by atomic mass is 32.1. The van der Waals surface area contributed by atoms with Gasteiger partial charge in [-0.25, -0.2) is 0 Å². The van der Waals surface area contributed by atoms with Crippen molar-refractivity contribution in [1.82, 2.24) is 0 Å². The number of thiophene rings is 1. The van der Waals surface area contributed by atoms with Crippen LogP contribution >= 0.6 is 11.3 Å². The summed E-state index contributed by atoms with van der Waals surface area (Å²) < 4.78 is 1.24. The van der Waals surface area contributed by atoms with Gasteiger partial charge in [0.1, 0.15) is 0 Å². The van der Waals surface area contributed by atoms with E-state index in [0.717, 1.165) is 18.5 Å². The molecular formula is C13H14N2OS. The third-order valence-corrected chi connectivity index (χ3v) is 4.33. The van der Waals surface area contributed by atoms with Crippen LogP contribution in [-0.4, -0.2) is 12.5 Å². The summed E-state index contributed by atoms with van der Waals surface area (Å²) in [6.45, 7) is 0.444. The van der Waals surface area contributed by atoms with E-state index in [-0.39, 0.29) is 11.3 Å². The van der Waals surface area contributed by atoms with E-state index in [1.54, 1.807) is 11.3 Å². The van der Waals surface area contributed by atoms with Gasteiger partial charge in [-0.2, -0.15) is 0 Å². The van der Waals surface area contributed by atoms with Crippen LogP contribution in [0.5, 0.6) is 0 Å².